The third kappa shape index (κ3) is 1.23. The van der Waals surface area contributed by atoms with Crippen molar-refractivity contribution in [1.29, 1.82) is 0 Å². The summed E-state index contributed by atoms with van der Waals surface area (Å²) in [6, 6.07) is 0.00218. The molecule has 1 heterocycles. The number of nitrogens with zero attached hydrogens (tertiary/aromatic N) is 2. The van der Waals surface area contributed by atoms with Gasteiger partial charge >= 0.3 is 6.18 Å². The van der Waals surface area contributed by atoms with Crippen molar-refractivity contribution in [2.45, 2.75) is 44.8 Å². The molecule has 0 bridgehead atoms. The Labute approximate surface area is 91.4 Å². The molecule has 2 aliphatic carbocycles. The normalized spacial score (nSPS) is 27.1. The summed E-state index contributed by atoms with van der Waals surface area (Å²) in [5, 5.41) is 3.77. The summed E-state index contributed by atoms with van der Waals surface area (Å²) in [5.41, 5.74) is 0.677. The minimum absolute atomic E-state index is 0.00218. The first kappa shape index (κ1) is 10.2. The number of rotatable bonds is 1. The second-order valence-electron chi connectivity index (χ2n) is 5.05. The molecule has 0 radical (unpaired) electrons. The molecule has 0 amide bonds. The monoisotopic (exact) mass is 230 g/mol. The van der Waals surface area contributed by atoms with E-state index in [2.05, 4.69) is 5.10 Å². The van der Waals surface area contributed by atoms with Crippen molar-refractivity contribution in [3.05, 3.63) is 17.0 Å². The fraction of sp³-hybridized carbons (Fsp3) is 0.727. The van der Waals surface area contributed by atoms with E-state index in [-0.39, 0.29) is 12.0 Å². The van der Waals surface area contributed by atoms with E-state index in [0.717, 1.165) is 18.5 Å². The van der Waals surface area contributed by atoms with Gasteiger partial charge in [0.05, 0.1) is 0 Å². The van der Waals surface area contributed by atoms with E-state index in [1.807, 2.05) is 13.8 Å². The third-order valence-corrected chi connectivity index (χ3v) is 3.56. The summed E-state index contributed by atoms with van der Waals surface area (Å²) in [7, 11) is 0. The van der Waals surface area contributed by atoms with Gasteiger partial charge in [0.25, 0.3) is 0 Å². The van der Waals surface area contributed by atoms with Gasteiger partial charge < -0.3 is 0 Å². The molecular formula is C11H13F3N2. The highest BCUT2D eigenvalue weighted by Crippen LogP contribution is 2.59. The van der Waals surface area contributed by atoms with Crippen LogP contribution < -0.4 is 0 Å². The molecule has 1 fully saturated rings. The Hall–Kier alpha value is -1.00. The highest BCUT2D eigenvalue weighted by atomic mass is 19.4. The first-order chi connectivity index (χ1) is 7.39. The molecule has 0 aliphatic heterocycles. The van der Waals surface area contributed by atoms with E-state index >= 15 is 0 Å². The van der Waals surface area contributed by atoms with Crippen molar-refractivity contribution in [3.63, 3.8) is 0 Å². The first-order valence-electron chi connectivity index (χ1n) is 5.58. The SMILES string of the molecule is CC(C)n1nc(C(F)(F)F)c2c1CC1CC21. The highest BCUT2D eigenvalue weighted by molar-refractivity contribution is 5.42. The summed E-state index contributed by atoms with van der Waals surface area (Å²) >= 11 is 0. The van der Waals surface area contributed by atoms with Crippen molar-refractivity contribution in [2.24, 2.45) is 5.92 Å². The van der Waals surface area contributed by atoms with Gasteiger partial charge in [-0.15, -0.1) is 0 Å². The maximum atomic E-state index is 12.8. The van der Waals surface area contributed by atoms with Crippen molar-refractivity contribution in [1.82, 2.24) is 9.78 Å². The predicted molar refractivity (Wildman–Crippen MR) is 52.2 cm³/mol. The zero-order valence-corrected chi connectivity index (χ0v) is 9.17. The number of aromatic nitrogens is 2. The molecule has 88 valence electrons. The van der Waals surface area contributed by atoms with Crippen LogP contribution in [0.3, 0.4) is 0 Å². The Kier molecular flexibility index (Phi) is 1.79. The summed E-state index contributed by atoms with van der Waals surface area (Å²) < 4.78 is 40.1. The lowest BCUT2D eigenvalue weighted by molar-refractivity contribution is -0.142. The van der Waals surface area contributed by atoms with E-state index in [9.17, 15) is 13.2 Å². The Morgan fingerprint density at radius 1 is 1.38 bits per heavy atom. The summed E-state index contributed by atoms with van der Waals surface area (Å²) in [6.07, 6.45) is -2.61. The van der Waals surface area contributed by atoms with Crippen molar-refractivity contribution in [3.8, 4) is 0 Å². The average molecular weight is 230 g/mol. The van der Waals surface area contributed by atoms with Gasteiger partial charge in [0, 0.05) is 17.3 Å². The van der Waals surface area contributed by atoms with Gasteiger partial charge in [0.15, 0.2) is 5.69 Å². The van der Waals surface area contributed by atoms with Gasteiger partial charge in [-0.3, -0.25) is 4.68 Å². The molecule has 1 saturated carbocycles. The van der Waals surface area contributed by atoms with Gasteiger partial charge in [-0.1, -0.05) is 0 Å². The topological polar surface area (TPSA) is 17.8 Å². The second-order valence-corrected chi connectivity index (χ2v) is 5.05. The van der Waals surface area contributed by atoms with Crippen molar-refractivity contribution in [2.75, 3.05) is 0 Å². The van der Waals surface area contributed by atoms with E-state index < -0.39 is 11.9 Å². The molecule has 1 aromatic heterocycles. The zero-order valence-electron chi connectivity index (χ0n) is 9.17. The van der Waals surface area contributed by atoms with Gasteiger partial charge in [-0.05, 0) is 38.5 Å². The molecule has 2 unspecified atom stereocenters. The van der Waals surface area contributed by atoms with Gasteiger partial charge in [0.1, 0.15) is 0 Å². The molecule has 5 heteroatoms. The molecule has 2 aliphatic rings. The lowest BCUT2D eigenvalue weighted by atomic mass is 10.1. The number of hydrogen-bond donors (Lipinski definition) is 0. The van der Waals surface area contributed by atoms with Gasteiger partial charge in [-0.2, -0.15) is 18.3 Å². The van der Waals surface area contributed by atoms with Crippen molar-refractivity contribution < 1.29 is 13.2 Å². The van der Waals surface area contributed by atoms with Crippen LogP contribution in [0.1, 0.15) is 49.2 Å². The standard InChI is InChI=1S/C11H13F3N2/c1-5(2)16-8-4-6-3-7(6)9(8)10(15-16)11(12,13)14/h5-7H,3-4H2,1-2H3. The molecule has 0 aromatic carbocycles. The smallest absolute Gasteiger partial charge is 0.266 e. The Morgan fingerprint density at radius 2 is 2.06 bits per heavy atom. The summed E-state index contributed by atoms with van der Waals surface area (Å²) in [4.78, 5) is 0. The zero-order chi connectivity index (χ0) is 11.7. The fourth-order valence-corrected chi connectivity index (χ4v) is 2.79. The van der Waals surface area contributed by atoms with Crippen LogP contribution in [0.15, 0.2) is 0 Å². The number of alkyl halides is 3. The molecule has 2 nitrogen and oxygen atoms in total. The van der Waals surface area contributed by atoms with E-state index in [1.165, 1.54) is 0 Å². The average Bonchev–Trinajstić information content (AvgIpc) is 2.65. The second kappa shape index (κ2) is 2.81. The Morgan fingerprint density at radius 3 is 2.62 bits per heavy atom. The molecule has 2 atom stereocenters. The number of hydrogen-bond acceptors (Lipinski definition) is 1. The number of halogens is 3. The van der Waals surface area contributed by atoms with Crippen LogP contribution in [-0.4, -0.2) is 9.78 Å². The van der Waals surface area contributed by atoms with Gasteiger partial charge in [0.2, 0.25) is 0 Å². The molecule has 16 heavy (non-hydrogen) atoms. The largest absolute Gasteiger partial charge is 0.435 e. The highest BCUT2D eigenvalue weighted by Gasteiger charge is 2.53. The van der Waals surface area contributed by atoms with E-state index in [0.29, 0.717) is 11.5 Å². The number of fused-ring (bicyclic) bond motifs is 3. The van der Waals surface area contributed by atoms with Crippen LogP contribution in [0.2, 0.25) is 0 Å². The fourth-order valence-electron chi connectivity index (χ4n) is 2.79. The van der Waals surface area contributed by atoms with Crippen LogP contribution in [0.5, 0.6) is 0 Å². The summed E-state index contributed by atoms with van der Waals surface area (Å²) in [5.74, 6) is 0.596. The molecular weight excluding hydrogens is 217 g/mol. The third-order valence-electron chi connectivity index (χ3n) is 3.56. The van der Waals surface area contributed by atoms with Gasteiger partial charge in [-0.25, -0.2) is 0 Å². The molecule has 0 N–H and O–H groups in total. The maximum absolute atomic E-state index is 12.8. The maximum Gasteiger partial charge on any atom is 0.435 e. The molecule has 3 rings (SSSR count). The van der Waals surface area contributed by atoms with Crippen LogP contribution in [0.25, 0.3) is 0 Å². The lowest BCUT2D eigenvalue weighted by Crippen LogP contribution is -2.11. The first-order valence-corrected chi connectivity index (χ1v) is 5.58. The lowest BCUT2D eigenvalue weighted by Gasteiger charge is -2.09. The Balaban J connectivity index is 2.16. The summed E-state index contributed by atoms with van der Waals surface area (Å²) in [6.45, 7) is 3.74. The van der Waals surface area contributed by atoms with Crippen molar-refractivity contribution >= 4 is 0 Å². The predicted octanol–water partition coefficient (Wildman–Crippen LogP) is 3.14. The quantitative estimate of drug-likeness (QED) is 0.724. The molecule has 1 aromatic rings. The van der Waals surface area contributed by atoms with Crippen LogP contribution in [0.4, 0.5) is 13.2 Å². The van der Waals surface area contributed by atoms with E-state index in [4.69, 9.17) is 0 Å². The molecule has 0 saturated heterocycles. The van der Waals surface area contributed by atoms with Crippen LogP contribution in [-0.2, 0) is 12.6 Å². The molecule has 0 spiro atoms. The minimum atomic E-state index is -4.30. The van der Waals surface area contributed by atoms with Crippen LogP contribution in [0, 0.1) is 5.92 Å². The minimum Gasteiger partial charge on any atom is -0.266 e. The van der Waals surface area contributed by atoms with E-state index in [1.54, 1.807) is 4.68 Å². The van der Waals surface area contributed by atoms with Crippen LogP contribution >= 0.6 is 0 Å². The Bertz CT molecular complexity index is 445.